The second kappa shape index (κ2) is 5.92. The lowest BCUT2D eigenvalue weighted by molar-refractivity contribution is 0.0696. The highest BCUT2D eigenvalue weighted by atomic mass is 35.5. The predicted molar refractivity (Wildman–Crippen MR) is 80.0 cm³/mol. The van der Waals surface area contributed by atoms with Crippen molar-refractivity contribution in [2.24, 2.45) is 0 Å². The zero-order valence-corrected chi connectivity index (χ0v) is 12.0. The third-order valence-corrected chi connectivity index (χ3v) is 3.20. The lowest BCUT2D eigenvalue weighted by Gasteiger charge is -2.10. The third-order valence-electron chi connectivity index (χ3n) is 2.87. The molecule has 4 nitrogen and oxygen atoms in total. The standard InChI is InChI=1S/C15H15ClN2O2/c1-3-11-7-10(15(19)20)8-14(17-11)18-13-6-9(2)4-5-12(13)16/h4-8H,3H2,1-2H3,(H,17,18)(H,19,20). The smallest absolute Gasteiger partial charge is 0.335 e. The maximum Gasteiger partial charge on any atom is 0.335 e. The van der Waals surface area contributed by atoms with E-state index in [2.05, 4.69) is 10.3 Å². The molecule has 20 heavy (non-hydrogen) atoms. The zero-order chi connectivity index (χ0) is 14.7. The van der Waals surface area contributed by atoms with Crippen LogP contribution in [0.25, 0.3) is 0 Å². The number of carbonyl (C=O) groups is 1. The Morgan fingerprint density at radius 1 is 1.35 bits per heavy atom. The van der Waals surface area contributed by atoms with E-state index in [4.69, 9.17) is 16.7 Å². The molecule has 2 N–H and O–H groups in total. The van der Waals surface area contributed by atoms with Gasteiger partial charge in [0.25, 0.3) is 0 Å². The Morgan fingerprint density at radius 3 is 2.75 bits per heavy atom. The van der Waals surface area contributed by atoms with E-state index in [1.165, 1.54) is 6.07 Å². The van der Waals surface area contributed by atoms with Crippen molar-refractivity contribution in [3.8, 4) is 0 Å². The van der Waals surface area contributed by atoms with Crippen molar-refractivity contribution >= 4 is 29.1 Å². The van der Waals surface area contributed by atoms with Crippen LogP contribution in [0.4, 0.5) is 11.5 Å². The van der Waals surface area contributed by atoms with Crippen LogP contribution in [0.2, 0.25) is 5.02 Å². The molecule has 5 heteroatoms. The molecule has 0 unspecified atom stereocenters. The normalized spacial score (nSPS) is 10.3. The average Bonchev–Trinajstić information content (AvgIpc) is 2.42. The number of aryl methyl sites for hydroxylation is 2. The Bertz CT molecular complexity index is 656. The molecule has 2 rings (SSSR count). The molecule has 104 valence electrons. The predicted octanol–water partition coefficient (Wildman–Crippen LogP) is 4.05. The van der Waals surface area contributed by atoms with Crippen molar-refractivity contribution in [2.45, 2.75) is 20.3 Å². The Morgan fingerprint density at radius 2 is 2.10 bits per heavy atom. The molecule has 1 heterocycles. The van der Waals surface area contributed by atoms with Gasteiger partial charge in [-0.2, -0.15) is 0 Å². The first-order valence-corrected chi connectivity index (χ1v) is 6.65. The molecule has 0 aliphatic heterocycles. The Hall–Kier alpha value is -2.07. The van der Waals surface area contributed by atoms with E-state index < -0.39 is 5.97 Å². The van der Waals surface area contributed by atoms with E-state index in [0.29, 0.717) is 22.9 Å². The zero-order valence-electron chi connectivity index (χ0n) is 11.3. The summed E-state index contributed by atoms with van der Waals surface area (Å²) in [6.07, 6.45) is 0.664. The summed E-state index contributed by atoms with van der Waals surface area (Å²) in [7, 11) is 0. The van der Waals surface area contributed by atoms with Crippen LogP contribution in [0.3, 0.4) is 0 Å². The molecule has 0 fully saturated rings. The summed E-state index contributed by atoms with van der Waals surface area (Å²) in [5, 5.41) is 12.8. The fourth-order valence-corrected chi connectivity index (χ4v) is 1.99. The molecule has 2 aromatic rings. The van der Waals surface area contributed by atoms with Crippen LogP contribution in [0, 0.1) is 6.92 Å². The first-order chi connectivity index (χ1) is 9.49. The van der Waals surface area contributed by atoms with Gasteiger partial charge in [-0.1, -0.05) is 24.6 Å². The number of carboxylic acid groups (broad SMARTS) is 1. The summed E-state index contributed by atoms with van der Waals surface area (Å²) in [6.45, 7) is 3.89. The largest absolute Gasteiger partial charge is 0.478 e. The minimum Gasteiger partial charge on any atom is -0.478 e. The van der Waals surface area contributed by atoms with E-state index in [1.807, 2.05) is 26.0 Å². The summed E-state index contributed by atoms with van der Waals surface area (Å²) < 4.78 is 0. The van der Waals surface area contributed by atoms with Gasteiger partial charge in [-0.25, -0.2) is 9.78 Å². The number of nitrogens with zero attached hydrogens (tertiary/aromatic N) is 1. The van der Waals surface area contributed by atoms with Crippen molar-refractivity contribution in [3.05, 3.63) is 52.2 Å². The second-order valence-corrected chi connectivity index (χ2v) is 4.91. The van der Waals surface area contributed by atoms with Gasteiger partial charge in [-0.15, -0.1) is 0 Å². The highest BCUT2D eigenvalue weighted by Gasteiger charge is 2.09. The summed E-state index contributed by atoms with van der Waals surface area (Å²) in [6, 6.07) is 8.67. The van der Waals surface area contributed by atoms with E-state index in [1.54, 1.807) is 12.1 Å². The number of hydrogen-bond acceptors (Lipinski definition) is 3. The van der Waals surface area contributed by atoms with Crippen molar-refractivity contribution in [1.29, 1.82) is 0 Å². The third kappa shape index (κ3) is 3.27. The maximum atomic E-state index is 11.1. The molecular formula is C15H15ClN2O2. The van der Waals surface area contributed by atoms with Gasteiger partial charge in [0.05, 0.1) is 16.3 Å². The van der Waals surface area contributed by atoms with Gasteiger partial charge < -0.3 is 10.4 Å². The Labute approximate surface area is 122 Å². The molecule has 0 atom stereocenters. The van der Waals surface area contributed by atoms with Crippen molar-refractivity contribution in [3.63, 3.8) is 0 Å². The number of pyridine rings is 1. The molecule has 0 bridgehead atoms. The van der Waals surface area contributed by atoms with Crippen LogP contribution in [0.1, 0.15) is 28.5 Å². The number of anilines is 2. The molecule has 0 aliphatic carbocycles. The van der Waals surface area contributed by atoms with Crippen LogP contribution in [0.15, 0.2) is 30.3 Å². The molecule has 1 aromatic carbocycles. The summed E-state index contributed by atoms with van der Waals surface area (Å²) in [4.78, 5) is 15.5. The summed E-state index contributed by atoms with van der Waals surface area (Å²) in [5.41, 5.74) is 2.70. The lowest BCUT2D eigenvalue weighted by Crippen LogP contribution is -2.03. The van der Waals surface area contributed by atoms with Gasteiger partial charge in [0.2, 0.25) is 0 Å². The summed E-state index contributed by atoms with van der Waals surface area (Å²) >= 11 is 6.12. The molecule has 0 radical (unpaired) electrons. The molecule has 0 amide bonds. The monoisotopic (exact) mass is 290 g/mol. The number of hydrogen-bond donors (Lipinski definition) is 2. The van der Waals surface area contributed by atoms with Crippen LogP contribution in [-0.4, -0.2) is 16.1 Å². The van der Waals surface area contributed by atoms with Crippen LogP contribution in [0.5, 0.6) is 0 Å². The minimum absolute atomic E-state index is 0.211. The fourth-order valence-electron chi connectivity index (χ4n) is 1.83. The van der Waals surface area contributed by atoms with Gasteiger partial charge in [0, 0.05) is 5.69 Å². The fraction of sp³-hybridized carbons (Fsp3) is 0.200. The topological polar surface area (TPSA) is 62.2 Å². The van der Waals surface area contributed by atoms with E-state index >= 15 is 0 Å². The van der Waals surface area contributed by atoms with Crippen LogP contribution in [-0.2, 0) is 6.42 Å². The Kier molecular flexibility index (Phi) is 4.25. The molecule has 0 spiro atoms. The second-order valence-electron chi connectivity index (χ2n) is 4.50. The number of carboxylic acids is 1. The SMILES string of the molecule is CCc1cc(C(=O)O)cc(Nc2cc(C)ccc2Cl)n1. The van der Waals surface area contributed by atoms with Gasteiger partial charge in [0.15, 0.2) is 0 Å². The van der Waals surface area contributed by atoms with Crippen LogP contribution < -0.4 is 5.32 Å². The van der Waals surface area contributed by atoms with Crippen molar-refractivity contribution in [2.75, 3.05) is 5.32 Å². The first kappa shape index (κ1) is 14.3. The number of benzene rings is 1. The molecule has 0 aliphatic rings. The van der Waals surface area contributed by atoms with Crippen LogP contribution >= 0.6 is 11.6 Å². The van der Waals surface area contributed by atoms with E-state index in [0.717, 1.165) is 11.3 Å². The molecule has 1 aromatic heterocycles. The highest BCUT2D eigenvalue weighted by Crippen LogP contribution is 2.26. The molecule has 0 saturated heterocycles. The lowest BCUT2D eigenvalue weighted by atomic mass is 10.2. The maximum absolute atomic E-state index is 11.1. The van der Waals surface area contributed by atoms with E-state index in [9.17, 15) is 4.79 Å². The quantitative estimate of drug-likeness (QED) is 0.892. The number of aromatic nitrogens is 1. The highest BCUT2D eigenvalue weighted by molar-refractivity contribution is 6.33. The van der Waals surface area contributed by atoms with E-state index in [-0.39, 0.29) is 5.56 Å². The van der Waals surface area contributed by atoms with Gasteiger partial charge in [-0.3, -0.25) is 0 Å². The van der Waals surface area contributed by atoms with Gasteiger partial charge >= 0.3 is 5.97 Å². The van der Waals surface area contributed by atoms with Gasteiger partial charge in [-0.05, 0) is 43.2 Å². The number of nitrogens with one attached hydrogen (secondary N) is 1. The minimum atomic E-state index is -0.972. The number of aromatic carboxylic acids is 1. The van der Waals surface area contributed by atoms with Crippen molar-refractivity contribution < 1.29 is 9.90 Å². The average molecular weight is 291 g/mol. The number of halogens is 1. The Balaban J connectivity index is 2.39. The first-order valence-electron chi connectivity index (χ1n) is 6.27. The molecule has 0 saturated carbocycles. The van der Waals surface area contributed by atoms with Crippen molar-refractivity contribution in [1.82, 2.24) is 4.98 Å². The van der Waals surface area contributed by atoms with Gasteiger partial charge in [0.1, 0.15) is 5.82 Å². The number of rotatable bonds is 4. The summed E-state index contributed by atoms with van der Waals surface area (Å²) in [5.74, 6) is -0.491. The molecular weight excluding hydrogens is 276 g/mol.